The number of carbonyl (C=O) groups excluding carboxylic acids is 1. The fraction of sp³-hybridized carbons (Fsp3) is 0.529. The Morgan fingerprint density at radius 1 is 1.43 bits per heavy atom. The fourth-order valence-corrected chi connectivity index (χ4v) is 2.97. The van der Waals surface area contributed by atoms with Crippen molar-refractivity contribution >= 4 is 5.91 Å². The minimum Gasteiger partial charge on any atom is -0.338 e. The van der Waals surface area contributed by atoms with Crippen LogP contribution in [0.5, 0.6) is 0 Å². The second-order valence-electron chi connectivity index (χ2n) is 5.86. The first-order chi connectivity index (χ1) is 10.1. The Hall–Kier alpha value is -1.89. The van der Waals surface area contributed by atoms with Crippen LogP contribution in [0.1, 0.15) is 44.6 Å². The molecule has 2 rings (SSSR count). The SMILES string of the molecule is CCC1CCC(C#N)(NC(=O)Cc2ccccc2F)CC1. The van der Waals surface area contributed by atoms with E-state index in [0.29, 0.717) is 24.3 Å². The summed E-state index contributed by atoms with van der Waals surface area (Å²) in [6, 6.07) is 8.51. The first-order valence-corrected chi connectivity index (χ1v) is 7.54. The van der Waals surface area contributed by atoms with E-state index < -0.39 is 5.54 Å². The summed E-state index contributed by atoms with van der Waals surface area (Å²) in [6.45, 7) is 2.15. The van der Waals surface area contributed by atoms with Gasteiger partial charge in [-0.15, -0.1) is 0 Å². The molecule has 0 aromatic heterocycles. The zero-order valence-electron chi connectivity index (χ0n) is 12.4. The predicted octanol–water partition coefficient (Wildman–Crippen LogP) is 3.35. The summed E-state index contributed by atoms with van der Waals surface area (Å²) in [6.07, 6.45) is 4.39. The zero-order chi connectivity index (χ0) is 15.3. The topological polar surface area (TPSA) is 52.9 Å². The average Bonchev–Trinajstić information content (AvgIpc) is 2.50. The van der Waals surface area contributed by atoms with E-state index in [2.05, 4.69) is 18.3 Å². The van der Waals surface area contributed by atoms with Crippen molar-refractivity contribution < 1.29 is 9.18 Å². The second-order valence-corrected chi connectivity index (χ2v) is 5.86. The molecular weight excluding hydrogens is 267 g/mol. The van der Waals surface area contributed by atoms with E-state index in [4.69, 9.17) is 0 Å². The van der Waals surface area contributed by atoms with Crippen LogP contribution in [-0.2, 0) is 11.2 Å². The molecule has 4 heteroatoms. The minimum absolute atomic E-state index is 0.0205. The summed E-state index contributed by atoms with van der Waals surface area (Å²) < 4.78 is 13.6. The molecule has 0 unspecified atom stereocenters. The number of amides is 1. The van der Waals surface area contributed by atoms with Gasteiger partial charge in [0, 0.05) is 0 Å². The first-order valence-electron chi connectivity index (χ1n) is 7.54. The third-order valence-electron chi connectivity index (χ3n) is 4.44. The molecule has 1 aliphatic rings. The van der Waals surface area contributed by atoms with Crippen molar-refractivity contribution in [2.75, 3.05) is 0 Å². The van der Waals surface area contributed by atoms with Gasteiger partial charge < -0.3 is 5.32 Å². The number of nitrogens with one attached hydrogen (secondary N) is 1. The van der Waals surface area contributed by atoms with Crippen LogP contribution < -0.4 is 5.32 Å². The molecule has 1 saturated carbocycles. The smallest absolute Gasteiger partial charge is 0.225 e. The number of halogens is 1. The number of benzene rings is 1. The summed E-state index contributed by atoms with van der Waals surface area (Å²) in [5.41, 5.74) is -0.404. The van der Waals surface area contributed by atoms with Crippen LogP contribution in [0.15, 0.2) is 24.3 Å². The average molecular weight is 288 g/mol. The van der Waals surface area contributed by atoms with Crippen LogP contribution >= 0.6 is 0 Å². The highest BCUT2D eigenvalue weighted by molar-refractivity contribution is 5.79. The summed E-state index contributed by atoms with van der Waals surface area (Å²) in [4.78, 5) is 12.1. The molecule has 1 amide bonds. The van der Waals surface area contributed by atoms with E-state index in [0.717, 1.165) is 19.3 Å². The van der Waals surface area contributed by atoms with Gasteiger partial charge in [-0.2, -0.15) is 5.26 Å². The monoisotopic (exact) mass is 288 g/mol. The minimum atomic E-state index is -0.770. The fourth-order valence-electron chi connectivity index (χ4n) is 2.97. The van der Waals surface area contributed by atoms with Gasteiger partial charge in [0.25, 0.3) is 0 Å². The largest absolute Gasteiger partial charge is 0.338 e. The van der Waals surface area contributed by atoms with Crippen LogP contribution in [0.4, 0.5) is 4.39 Å². The number of hydrogen-bond acceptors (Lipinski definition) is 2. The highest BCUT2D eigenvalue weighted by Gasteiger charge is 2.36. The highest BCUT2D eigenvalue weighted by atomic mass is 19.1. The van der Waals surface area contributed by atoms with E-state index in [1.54, 1.807) is 18.2 Å². The molecule has 1 aromatic rings. The Labute approximate surface area is 125 Å². The molecular formula is C17H21FN2O. The molecule has 0 radical (unpaired) electrons. The molecule has 1 N–H and O–H groups in total. The maximum Gasteiger partial charge on any atom is 0.225 e. The molecule has 0 heterocycles. The summed E-state index contributed by atoms with van der Waals surface area (Å²) in [5.74, 6) is -0.0140. The van der Waals surface area contributed by atoms with Crippen LogP contribution in [0.3, 0.4) is 0 Å². The number of nitrogens with zero attached hydrogens (tertiary/aromatic N) is 1. The van der Waals surface area contributed by atoms with Gasteiger partial charge in [0.15, 0.2) is 0 Å². The molecule has 0 atom stereocenters. The Bertz CT molecular complexity index is 542. The first kappa shape index (κ1) is 15.5. The van der Waals surface area contributed by atoms with Crippen LogP contribution in [0, 0.1) is 23.1 Å². The van der Waals surface area contributed by atoms with Crippen molar-refractivity contribution in [2.24, 2.45) is 5.92 Å². The van der Waals surface area contributed by atoms with Crippen molar-refractivity contribution in [3.63, 3.8) is 0 Å². The van der Waals surface area contributed by atoms with Crippen molar-refractivity contribution in [1.29, 1.82) is 5.26 Å². The van der Waals surface area contributed by atoms with Gasteiger partial charge in [0.05, 0.1) is 12.5 Å². The Morgan fingerprint density at radius 2 is 2.10 bits per heavy atom. The van der Waals surface area contributed by atoms with Crippen LogP contribution in [0.2, 0.25) is 0 Å². The summed E-state index contributed by atoms with van der Waals surface area (Å²) in [5, 5.41) is 12.3. The van der Waals surface area contributed by atoms with Gasteiger partial charge in [0.1, 0.15) is 11.4 Å². The number of rotatable bonds is 4. The van der Waals surface area contributed by atoms with Crippen LogP contribution in [0.25, 0.3) is 0 Å². The molecule has 0 bridgehead atoms. The molecule has 1 aromatic carbocycles. The lowest BCUT2D eigenvalue weighted by atomic mass is 9.76. The Kier molecular flexibility index (Phi) is 4.95. The molecule has 21 heavy (non-hydrogen) atoms. The van der Waals surface area contributed by atoms with Crippen LogP contribution in [-0.4, -0.2) is 11.4 Å². The van der Waals surface area contributed by atoms with Crippen molar-refractivity contribution in [3.8, 4) is 6.07 Å². The quantitative estimate of drug-likeness (QED) is 0.923. The third kappa shape index (κ3) is 3.81. The maximum atomic E-state index is 13.6. The predicted molar refractivity (Wildman–Crippen MR) is 78.8 cm³/mol. The number of carbonyl (C=O) groups is 1. The molecule has 1 fully saturated rings. The van der Waals surface area contributed by atoms with Crippen molar-refractivity contribution in [1.82, 2.24) is 5.32 Å². The van der Waals surface area contributed by atoms with E-state index in [1.807, 2.05) is 0 Å². The summed E-state index contributed by atoms with van der Waals surface area (Å²) in [7, 11) is 0. The molecule has 1 aliphatic carbocycles. The van der Waals surface area contributed by atoms with Gasteiger partial charge >= 0.3 is 0 Å². The second kappa shape index (κ2) is 6.71. The van der Waals surface area contributed by atoms with E-state index in [9.17, 15) is 14.4 Å². The molecule has 3 nitrogen and oxygen atoms in total. The molecule has 0 aliphatic heterocycles. The van der Waals surface area contributed by atoms with E-state index in [-0.39, 0.29) is 18.1 Å². The highest BCUT2D eigenvalue weighted by Crippen LogP contribution is 2.33. The van der Waals surface area contributed by atoms with Crippen molar-refractivity contribution in [2.45, 2.75) is 51.0 Å². The number of hydrogen-bond donors (Lipinski definition) is 1. The summed E-state index contributed by atoms with van der Waals surface area (Å²) >= 11 is 0. The Morgan fingerprint density at radius 3 is 2.67 bits per heavy atom. The lowest BCUT2D eigenvalue weighted by molar-refractivity contribution is -0.122. The van der Waals surface area contributed by atoms with Gasteiger partial charge in [-0.25, -0.2) is 4.39 Å². The maximum absolute atomic E-state index is 13.6. The van der Waals surface area contributed by atoms with E-state index >= 15 is 0 Å². The zero-order valence-corrected chi connectivity index (χ0v) is 12.4. The van der Waals surface area contributed by atoms with Gasteiger partial charge in [0.2, 0.25) is 5.91 Å². The third-order valence-corrected chi connectivity index (χ3v) is 4.44. The normalized spacial score (nSPS) is 25.1. The van der Waals surface area contributed by atoms with Crippen molar-refractivity contribution in [3.05, 3.63) is 35.6 Å². The standard InChI is InChI=1S/C17H21FN2O/c1-2-13-7-9-17(12-19,10-8-13)20-16(21)11-14-5-3-4-6-15(14)18/h3-6,13H,2,7-11H2,1H3,(H,20,21). The lowest BCUT2D eigenvalue weighted by Crippen LogP contribution is -2.50. The molecule has 0 spiro atoms. The molecule has 0 saturated heterocycles. The Balaban J connectivity index is 1.98. The lowest BCUT2D eigenvalue weighted by Gasteiger charge is -2.35. The van der Waals surface area contributed by atoms with Gasteiger partial charge in [-0.1, -0.05) is 31.5 Å². The molecule has 112 valence electrons. The number of nitriles is 1. The van der Waals surface area contributed by atoms with Gasteiger partial charge in [-0.05, 0) is 43.2 Å². The van der Waals surface area contributed by atoms with Gasteiger partial charge in [-0.3, -0.25) is 4.79 Å². The van der Waals surface area contributed by atoms with E-state index in [1.165, 1.54) is 6.07 Å².